The Labute approximate surface area is 211 Å². The molecule has 3 aliphatic rings. The van der Waals surface area contributed by atoms with Crippen LogP contribution >= 0.6 is 0 Å². The van der Waals surface area contributed by atoms with Crippen LogP contribution in [0.1, 0.15) is 148 Å². The SMILES string of the molecule is C.C.C=C1CC(C)(C)CCC(C)(C)C/C1=C/C=C1\CCC[C@@]2(C)C1CC[C@@H]2CC.CC.CC. The molecule has 3 atom stereocenters. The topological polar surface area (TPSA) is 0 Å². The molecule has 0 aromatic heterocycles. The standard InChI is InChI=1S/C27H44.2C2H6.2CH4/c1-8-23-13-14-24-21(10-9-15-27(23,24)7)11-12-22-19-26(5,6)17-16-25(3,4)18-20(22)2;2*1-2;;/h11-12,23-24H,2,8-10,13-19H2,1,3-7H3;2*1-2H3;2*1H4/b21-11+,22-12-;;;;/t23-,24?,27+;;;;/m0..../s1. The Bertz CT molecular complexity index is 626. The average Bonchev–Trinajstić information content (AvgIpc) is 3.08. The van der Waals surface area contributed by atoms with Crippen molar-refractivity contribution in [1.29, 1.82) is 0 Å². The Morgan fingerprint density at radius 1 is 0.818 bits per heavy atom. The van der Waals surface area contributed by atoms with Crippen LogP contribution in [0, 0.1) is 28.1 Å². The molecule has 0 radical (unpaired) electrons. The molecule has 1 unspecified atom stereocenters. The summed E-state index contributed by atoms with van der Waals surface area (Å²) in [5, 5.41) is 0. The first-order valence-electron chi connectivity index (χ1n) is 13.6. The zero-order chi connectivity index (χ0) is 23.9. The molecule has 3 saturated carbocycles. The summed E-state index contributed by atoms with van der Waals surface area (Å²) in [7, 11) is 0. The van der Waals surface area contributed by atoms with Gasteiger partial charge in [-0.2, -0.15) is 0 Å². The summed E-state index contributed by atoms with van der Waals surface area (Å²) in [6.07, 6.45) is 18.4. The van der Waals surface area contributed by atoms with Gasteiger partial charge in [0.1, 0.15) is 0 Å². The molecule has 0 saturated heterocycles. The van der Waals surface area contributed by atoms with Gasteiger partial charge in [0.15, 0.2) is 0 Å². The maximum atomic E-state index is 4.53. The average molecular weight is 461 g/mol. The van der Waals surface area contributed by atoms with Gasteiger partial charge in [0.05, 0.1) is 0 Å². The molecule has 0 nitrogen and oxygen atoms in total. The maximum Gasteiger partial charge on any atom is -0.0143 e. The highest BCUT2D eigenvalue weighted by molar-refractivity contribution is 5.36. The Morgan fingerprint density at radius 2 is 1.36 bits per heavy atom. The van der Waals surface area contributed by atoms with Crippen molar-refractivity contribution in [2.45, 2.75) is 148 Å². The zero-order valence-electron chi connectivity index (χ0n) is 23.1. The quantitative estimate of drug-likeness (QED) is 0.384. The van der Waals surface area contributed by atoms with E-state index in [1.165, 1.54) is 68.9 Å². The second kappa shape index (κ2) is 14.6. The summed E-state index contributed by atoms with van der Waals surface area (Å²) in [6.45, 7) is 27.3. The predicted octanol–water partition coefficient (Wildman–Crippen LogP) is 12.0. The molecule has 0 amide bonds. The van der Waals surface area contributed by atoms with Gasteiger partial charge < -0.3 is 0 Å². The molecule has 0 bridgehead atoms. The van der Waals surface area contributed by atoms with E-state index in [1.54, 1.807) is 5.57 Å². The molecule has 196 valence electrons. The number of fused-ring (bicyclic) bond motifs is 1. The fourth-order valence-corrected chi connectivity index (χ4v) is 6.59. The van der Waals surface area contributed by atoms with Gasteiger partial charge in [-0.25, -0.2) is 0 Å². The third-order valence-electron chi connectivity index (χ3n) is 8.45. The van der Waals surface area contributed by atoms with E-state index in [2.05, 4.69) is 60.3 Å². The molecule has 0 heterocycles. The van der Waals surface area contributed by atoms with Gasteiger partial charge in [-0.3, -0.25) is 0 Å². The van der Waals surface area contributed by atoms with E-state index in [4.69, 9.17) is 0 Å². The largest absolute Gasteiger partial charge is 0.0955 e. The van der Waals surface area contributed by atoms with Crippen molar-refractivity contribution in [3.05, 3.63) is 35.5 Å². The lowest BCUT2D eigenvalue weighted by Gasteiger charge is -2.42. The number of rotatable bonds is 2. The minimum absolute atomic E-state index is 0. The summed E-state index contributed by atoms with van der Waals surface area (Å²) in [5.74, 6) is 1.77. The van der Waals surface area contributed by atoms with Gasteiger partial charge in [-0.05, 0) is 91.4 Å². The second-order valence-corrected chi connectivity index (χ2v) is 11.8. The Kier molecular flexibility index (Phi) is 15.2. The van der Waals surface area contributed by atoms with Crippen LogP contribution in [0.3, 0.4) is 0 Å². The van der Waals surface area contributed by atoms with E-state index >= 15 is 0 Å². The minimum atomic E-state index is 0. The van der Waals surface area contributed by atoms with Crippen LogP contribution in [0.5, 0.6) is 0 Å². The van der Waals surface area contributed by atoms with Gasteiger partial charge in [-0.1, -0.05) is 120 Å². The predicted molar refractivity (Wildman–Crippen MR) is 156 cm³/mol. The molecule has 0 aliphatic heterocycles. The highest BCUT2D eigenvalue weighted by atomic mass is 14.5. The monoisotopic (exact) mass is 461 g/mol. The van der Waals surface area contributed by atoms with Gasteiger partial charge >= 0.3 is 0 Å². The van der Waals surface area contributed by atoms with Crippen molar-refractivity contribution >= 4 is 0 Å². The fraction of sp³-hybridized carbons (Fsp3) is 0.818. The van der Waals surface area contributed by atoms with Gasteiger partial charge in [0, 0.05) is 0 Å². The second-order valence-electron chi connectivity index (χ2n) is 11.8. The van der Waals surface area contributed by atoms with Crippen LogP contribution < -0.4 is 0 Å². The summed E-state index contributed by atoms with van der Waals surface area (Å²) in [4.78, 5) is 0. The highest BCUT2D eigenvalue weighted by Crippen LogP contribution is 2.58. The normalized spacial score (nSPS) is 32.5. The number of allylic oxidation sites excluding steroid dienone is 5. The highest BCUT2D eigenvalue weighted by Gasteiger charge is 2.48. The van der Waals surface area contributed by atoms with E-state index in [0.29, 0.717) is 16.2 Å². The lowest BCUT2D eigenvalue weighted by atomic mass is 9.63. The van der Waals surface area contributed by atoms with Gasteiger partial charge in [-0.15, -0.1) is 0 Å². The van der Waals surface area contributed by atoms with E-state index in [-0.39, 0.29) is 14.9 Å². The van der Waals surface area contributed by atoms with Crippen molar-refractivity contribution in [3.63, 3.8) is 0 Å². The van der Waals surface area contributed by atoms with E-state index in [9.17, 15) is 0 Å². The zero-order valence-corrected chi connectivity index (χ0v) is 23.1. The molecular formula is C33H64. The first kappa shape index (κ1) is 34.4. The summed E-state index contributed by atoms with van der Waals surface area (Å²) >= 11 is 0. The molecular weight excluding hydrogens is 396 g/mol. The van der Waals surface area contributed by atoms with E-state index in [1.807, 2.05) is 27.7 Å². The van der Waals surface area contributed by atoms with Gasteiger partial charge in [0.2, 0.25) is 0 Å². The summed E-state index contributed by atoms with van der Waals surface area (Å²) < 4.78 is 0. The van der Waals surface area contributed by atoms with Crippen molar-refractivity contribution in [2.75, 3.05) is 0 Å². The first-order chi connectivity index (χ1) is 14.6. The molecule has 0 heteroatoms. The molecule has 3 rings (SSSR count). The summed E-state index contributed by atoms with van der Waals surface area (Å²) in [5.41, 5.74) is 5.99. The smallest absolute Gasteiger partial charge is 0.0143 e. The Balaban J connectivity index is 0. The number of hydrogen-bond acceptors (Lipinski definition) is 0. The lowest BCUT2D eigenvalue weighted by molar-refractivity contribution is 0.133. The van der Waals surface area contributed by atoms with Crippen LogP contribution in [0.15, 0.2) is 35.5 Å². The third-order valence-corrected chi connectivity index (χ3v) is 8.45. The van der Waals surface area contributed by atoms with Crippen LogP contribution in [-0.4, -0.2) is 0 Å². The van der Waals surface area contributed by atoms with Crippen molar-refractivity contribution in [3.8, 4) is 0 Å². The van der Waals surface area contributed by atoms with E-state index < -0.39 is 0 Å². The van der Waals surface area contributed by atoms with Crippen LogP contribution in [0.25, 0.3) is 0 Å². The van der Waals surface area contributed by atoms with Crippen LogP contribution in [0.2, 0.25) is 0 Å². The van der Waals surface area contributed by atoms with Crippen molar-refractivity contribution < 1.29 is 0 Å². The first-order valence-corrected chi connectivity index (χ1v) is 13.6. The fourth-order valence-electron chi connectivity index (χ4n) is 6.59. The summed E-state index contributed by atoms with van der Waals surface area (Å²) in [6, 6.07) is 0. The minimum Gasteiger partial charge on any atom is -0.0955 e. The molecule has 3 aliphatic carbocycles. The molecule has 0 aromatic carbocycles. The lowest BCUT2D eigenvalue weighted by Crippen LogP contribution is -2.32. The molecule has 33 heavy (non-hydrogen) atoms. The van der Waals surface area contributed by atoms with Crippen LogP contribution in [0.4, 0.5) is 0 Å². The Hall–Kier alpha value is -0.780. The number of hydrogen-bond donors (Lipinski definition) is 0. The third kappa shape index (κ3) is 8.74. The van der Waals surface area contributed by atoms with Crippen molar-refractivity contribution in [2.24, 2.45) is 28.1 Å². The molecule has 3 fully saturated rings. The molecule has 0 spiro atoms. The van der Waals surface area contributed by atoms with Gasteiger partial charge in [0.25, 0.3) is 0 Å². The maximum absolute atomic E-state index is 4.53. The Morgan fingerprint density at radius 3 is 1.91 bits per heavy atom. The van der Waals surface area contributed by atoms with E-state index in [0.717, 1.165) is 18.3 Å². The van der Waals surface area contributed by atoms with Crippen LogP contribution in [-0.2, 0) is 0 Å². The molecule has 0 aromatic rings. The molecule has 0 N–H and O–H groups in total. The van der Waals surface area contributed by atoms with Crippen molar-refractivity contribution in [1.82, 2.24) is 0 Å².